The van der Waals surface area contributed by atoms with Crippen LogP contribution in [0.4, 0.5) is 5.69 Å². The Morgan fingerprint density at radius 3 is 3.09 bits per heavy atom. The van der Waals surface area contributed by atoms with Gasteiger partial charge in [-0.1, -0.05) is 6.07 Å². The summed E-state index contributed by atoms with van der Waals surface area (Å²) in [7, 11) is 0. The molecule has 2 aliphatic heterocycles. The fourth-order valence-electron chi connectivity index (χ4n) is 3.65. The van der Waals surface area contributed by atoms with Gasteiger partial charge in [0.15, 0.2) is 0 Å². The second kappa shape index (κ2) is 6.97. The van der Waals surface area contributed by atoms with Crippen molar-refractivity contribution in [2.45, 2.75) is 25.7 Å². The molecule has 2 heterocycles. The van der Waals surface area contributed by atoms with Gasteiger partial charge >= 0.3 is 0 Å². The molecule has 1 atom stereocenters. The summed E-state index contributed by atoms with van der Waals surface area (Å²) in [6.45, 7) is 4.63. The number of nitrogens with two attached hydrogens (primary N) is 1. The van der Waals surface area contributed by atoms with Crippen LogP contribution in [0.2, 0.25) is 0 Å². The third kappa shape index (κ3) is 3.17. The Hall–Kier alpha value is -1.81. The summed E-state index contributed by atoms with van der Waals surface area (Å²) in [5.74, 6) is 0.807. The molecule has 0 saturated carbocycles. The first-order chi connectivity index (χ1) is 10.8. The number of benzene rings is 1. The van der Waals surface area contributed by atoms with Crippen LogP contribution in [0.1, 0.15) is 30.4 Å². The van der Waals surface area contributed by atoms with E-state index in [1.54, 1.807) is 0 Å². The minimum Gasteiger partial charge on any atom is -0.404 e. The van der Waals surface area contributed by atoms with Gasteiger partial charge < -0.3 is 21.4 Å². The van der Waals surface area contributed by atoms with Crippen LogP contribution in [0.3, 0.4) is 0 Å². The van der Waals surface area contributed by atoms with E-state index in [0.717, 1.165) is 36.6 Å². The number of hydrogen-bond acceptors (Lipinski definition) is 4. The van der Waals surface area contributed by atoms with E-state index >= 15 is 0 Å². The number of allylic oxidation sites excluding steroid dienone is 1. The third-order valence-electron chi connectivity index (χ3n) is 4.91. The zero-order chi connectivity index (χ0) is 15.4. The molecule has 0 spiro atoms. The Kier molecular flexibility index (Phi) is 4.78. The smallest absolute Gasteiger partial charge is 0.0400 e. The highest BCUT2D eigenvalue weighted by atomic mass is 15.1. The Bertz CT molecular complexity index is 556. The summed E-state index contributed by atoms with van der Waals surface area (Å²) >= 11 is 0. The summed E-state index contributed by atoms with van der Waals surface area (Å²) < 4.78 is 0. The van der Waals surface area contributed by atoms with Crippen molar-refractivity contribution in [2.75, 3.05) is 31.1 Å². The lowest BCUT2D eigenvalue weighted by atomic mass is 9.99. The molecule has 0 aromatic heterocycles. The fraction of sp³-hybridized carbons (Fsp3) is 0.500. The van der Waals surface area contributed by atoms with Crippen molar-refractivity contribution < 1.29 is 0 Å². The lowest BCUT2D eigenvalue weighted by Gasteiger charge is -2.25. The van der Waals surface area contributed by atoms with Gasteiger partial charge in [-0.3, -0.25) is 0 Å². The highest BCUT2D eigenvalue weighted by Gasteiger charge is 2.23. The lowest BCUT2D eigenvalue weighted by molar-refractivity contribution is 0.469. The predicted molar refractivity (Wildman–Crippen MR) is 93.5 cm³/mol. The second-order valence-corrected chi connectivity index (χ2v) is 6.35. The first-order valence-corrected chi connectivity index (χ1v) is 8.33. The number of nitrogens with one attached hydrogen (secondary N) is 2. The minimum atomic E-state index is 0.788. The molecule has 1 unspecified atom stereocenters. The highest BCUT2D eigenvalue weighted by Crippen LogP contribution is 2.32. The molecule has 4 N–H and O–H groups in total. The zero-order valence-corrected chi connectivity index (χ0v) is 13.1. The van der Waals surface area contributed by atoms with Crippen molar-refractivity contribution in [3.05, 3.63) is 35.5 Å². The molecule has 3 rings (SSSR count). The molecular formula is C18H26N4. The molecule has 1 saturated heterocycles. The Balaban J connectivity index is 1.73. The Labute approximate surface area is 132 Å². The van der Waals surface area contributed by atoms with Gasteiger partial charge in [-0.15, -0.1) is 0 Å². The predicted octanol–water partition coefficient (Wildman–Crippen LogP) is 2.39. The molecule has 1 aromatic carbocycles. The topological polar surface area (TPSA) is 65.1 Å². The first-order valence-electron chi connectivity index (χ1n) is 8.33. The molecule has 1 fully saturated rings. The number of nitrogens with zero attached hydrogens (tertiary/aromatic N) is 1. The van der Waals surface area contributed by atoms with Crippen LogP contribution in [0.25, 0.3) is 5.57 Å². The summed E-state index contributed by atoms with van der Waals surface area (Å²) in [6.07, 6.45) is 7.87. The van der Waals surface area contributed by atoms with E-state index in [2.05, 4.69) is 28.4 Å². The van der Waals surface area contributed by atoms with Gasteiger partial charge in [0, 0.05) is 36.8 Å². The first kappa shape index (κ1) is 15.1. The van der Waals surface area contributed by atoms with Gasteiger partial charge in [0.1, 0.15) is 0 Å². The van der Waals surface area contributed by atoms with Crippen molar-refractivity contribution in [2.24, 2.45) is 11.7 Å². The van der Waals surface area contributed by atoms with E-state index in [0.29, 0.717) is 0 Å². The molecular weight excluding hydrogens is 272 g/mol. The average molecular weight is 298 g/mol. The molecule has 118 valence electrons. The van der Waals surface area contributed by atoms with Gasteiger partial charge in [-0.2, -0.15) is 0 Å². The molecule has 0 bridgehead atoms. The largest absolute Gasteiger partial charge is 0.404 e. The van der Waals surface area contributed by atoms with E-state index in [1.165, 1.54) is 56.0 Å². The molecule has 0 radical (unpaired) electrons. The maximum Gasteiger partial charge on any atom is 0.0400 e. The molecule has 22 heavy (non-hydrogen) atoms. The van der Waals surface area contributed by atoms with E-state index in [4.69, 9.17) is 11.1 Å². The van der Waals surface area contributed by atoms with Gasteiger partial charge in [0.05, 0.1) is 0 Å². The van der Waals surface area contributed by atoms with E-state index in [1.807, 2.05) is 0 Å². The summed E-state index contributed by atoms with van der Waals surface area (Å²) in [4.78, 5) is 2.55. The van der Waals surface area contributed by atoms with E-state index in [9.17, 15) is 0 Å². The monoisotopic (exact) mass is 298 g/mol. The standard InChI is InChI=1S/C18H26N4/c19-11-17(12-20)15-3-4-18-16(10-15)6-9-22(18)13-14-2-1-7-21-8-5-14/h3-4,10-12,14,19,21H,1-2,5-9,13,20H2/b17-12+,19-11?. The highest BCUT2D eigenvalue weighted by molar-refractivity contribution is 6.08. The Morgan fingerprint density at radius 2 is 2.27 bits per heavy atom. The maximum atomic E-state index is 7.43. The molecule has 4 heteroatoms. The SMILES string of the molecule is N=C/C(=C\N)c1ccc2c(c1)CCN2CC1CCCNCC1. The average Bonchev–Trinajstić information content (AvgIpc) is 2.76. The zero-order valence-electron chi connectivity index (χ0n) is 13.1. The number of rotatable bonds is 4. The fourth-order valence-corrected chi connectivity index (χ4v) is 3.65. The maximum absolute atomic E-state index is 7.43. The van der Waals surface area contributed by atoms with Crippen molar-refractivity contribution in [3.63, 3.8) is 0 Å². The van der Waals surface area contributed by atoms with Gasteiger partial charge in [-0.05, 0) is 68.0 Å². The molecule has 0 aliphatic carbocycles. The Morgan fingerprint density at radius 1 is 1.36 bits per heavy atom. The summed E-state index contributed by atoms with van der Waals surface area (Å²) in [5, 5.41) is 10.9. The van der Waals surface area contributed by atoms with Crippen LogP contribution in [0.15, 0.2) is 24.4 Å². The summed E-state index contributed by atoms with van der Waals surface area (Å²) in [6, 6.07) is 6.50. The van der Waals surface area contributed by atoms with E-state index < -0.39 is 0 Å². The molecule has 4 nitrogen and oxygen atoms in total. The normalized spacial score (nSPS) is 22.3. The van der Waals surface area contributed by atoms with E-state index in [-0.39, 0.29) is 0 Å². The van der Waals surface area contributed by atoms with Crippen molar-refractivity contribution >= 4 is 17.5 Å². The second-order valence-electron chi connectivity index (χ2n) is 6.35. The third-order valence-corrected chi connectivity index (χ3v) is 4.91. The molecule has 1 aromatic rings. The van der Waals surface area contributed by atoms with Gasteiger partial charge in [-0.25, -0.2) is 0 Å². The molecule has 0 amide bonds. The lowest BCUT2D eigenvalue weighted by Crippen LogP contribution is -2.28. The van der Waals surface area contributed by atoms with Crippen LogP contribution in [-0.4, -0.2) is 32.4 Å². The number of anilines is 1. The van der Waals surface area contributed by atoms with Crippen LogP contribution < -0.4 is 16.0 Å². The summed E-state index contributed by atoms with van der Waals surface area (Å²) in [5.41, 5.74) is 10.2. The molecule has 2 aliphatic rings. The van der Waals surface area contributed by atoms with Crippen LogP contribution in [0.5, 0.6) is 0 Å². The quantitative estimate of drug-likeness (QED) is 0.748. The van der Waals surface area contributed by atoms with Crippen molar-refractivity contribution in [1.29, 1.82) is 5.41 Å². The number of fused-ring (bicyclic) bond motifs is 1. The number of hydrogen-bond donors (Lipinski definition) is 3. The van der Waals surface area contributed by atoms with Gasteiger partial charge in [0.25, 0.3) is 0 Å². The van der Waals surface area contributed by atoms with Gasteiger partial charge in [0.2, 0.25) is 0 Å². The minimum absolute atomic E-state index is 0.788. The van der Waals surface area contributed by atoms with Crippen LogP contribution >= 0.6 is 0 Å². The van der Waals surface area contributed by atoms with Crippen LogP contribution in [-0.2, 0) is 6.42 Å². The van der Waals surface area contributed by atoms with Crippen molar-refractivity contribution in [3.8, 4) is 0 Å². The van der Waals surface area contributed by atoms with Crippen molar-refractivity contribution in [1.82, 2.24) is 5.32 Å². The van der Waals surface area contributed by atoms with Crippen LogP contribution in [0, 0.1) is 11.3 Å².